The second-order valence-corrected chi connectivity index (χ2v) is 10.9. The van der Waals surface area contributed by atoms with Crippen LogP contribution in [0, 0.1) is 6.92 Å². The van der Waals surface area contributed by atoms with Crippen LogP contribution in [0.15, 0.2) is 87.5 Å². The van der Waals surface area contributed by atoms with Crippen LogP contribution in [0.5, 0.6) is 5.75 Å². The summed E-state index contributed by atoms with van der Waals surface area (Å²) >= 11 is 0. The first-order chi connectivity index (χ1) is 18.4. The van der Waals surface area contributed by atoms with Crippen LogP contribution < -0.4 is 4.74 Å². The number of rotatable bonds is 14. The van der Waals surface area contributed by atoms with Crippen molar-refractivity contribution in [1.29, 1.82) is 0 Å². The van der Waals surface area contributed by atoms with Crippen molar-refractivity contribution in [3.63, 3.8) is 0 Å². The van der Waals surface area contributed by atoms with Crippen molar-refractivity contribution in [3.05, 3.63) is 83.9 Å². The van der Waals surface area contributed by atoms with Crippen molar-refractivity contribution in [3.8, 4) is 5.75 Å². The van der Waals surface area contributed by atoms with Gasteiger partial charge in [-0.25, -0.2) is 0 Å². The highest BCUT2D eigenvalue weighted by Gasteiger charge is 2.28. The summed E-state index contributed by atoms with van der Waals surface area (Å²) in [5.74, 6) is 0.183. The third kappa shape index (κ3) is 8.92. The Bertz CT molecular complexity index is 1130. The summed E-state index contributed by atoms with van der Waals surface area (Å²) in [4.78, 5) is 29.5. The molecule has 1 unspecified atom stereocenters. The predicted molar refractivity (Wildman–Crippen MR) is 151 cm³/mol. The fourth-order valence-corrected chi connectivity index (χ4v) is 6.13. The lowest BCUT2D eigenvalue weighted by atomic mass is 10.1. The van der Waals surface area contributed by atoms with Crippen LogP contribution in [-0.4, -0.2) is 56.8 Å². The SMILES string of the molecule is CCOC(=O)CN(CCCc1ccc([S+](c2ccc(C)cc2)c2ccc(OC)cc2)cc1)CC(=O)OCC. The van der Waals surface area contributed by atoms with E-state index in [0.717, 1.165) is 18.6 Å². The van der Waals surface area contributed by atoms with Crippen molar-refractivity contribution >= 4 is 22.8 Å². The van der Waals surface area contributed by atoms with Gasteiger partial charge in [0.1, 0.15) is 5.75 Å². The van der Waals surface area contributed by atoms with Gasteiger partial charge >= 0.3 is 11.9 Å². The molecule has 6 nitrogen and oxygen atoms in total. The molecule has 0 bridgehead atoms. The van der Waals surface area contributed by atoms with E-state index in [9.17, 15) is 9.59 Å². The molecule has 0 amide bonds. The van der Waals surface area contributed by atoms with Gasteiger partial charge in [-0.05, 0) is 94.3 Å². The first kappa shape index (κ1) is 29.3. The van der Waals surface area contributed by atoms with E-state index < -0.39 is 0 Å². The Balaban J connectivity index is 1.70. The summed E-state index contributed by atoms with van der Waals surface area (Å²) in [7, 11) is 1.44. The minimum absolute atomic E-state index is 0.0762. The Hall–Kier alpha value is -3.29. The molecule has 0 spiro atoms. The van der Waals surface area contributed by atoms with E-state index in [1.165, 1.54) is 25.8 Å². The number of methoxy groups -OCH3 is 1. The number of benzene rings is 3. The van der Waals surface area contributed by atoms with Gasteiger partial charge in [0, 0.05) is 0 Å². The molecule has 3 aromatic rings. The molecule has 1 atom stereocenters. The summed E-state index contributed by atoms with van der Waals surface area (Å²) in [6.45, 7) is 7.04. The molecule has 38 heavy (non-hydrogen) atoms. The Morgan fingerprint density at radius 2 is 1.21 bits per heavy atom. The predicted octanol–water partition coefficient (Wildman–Crippen LogP) is 5.46. The summed E-state index contributed by atoms with van der Waals surface area (Å²) in [6.07, 6.45) is 1.64. The molecule has 202 valence electrons. The van der Waals surface area contributed by atoms with E-state index in [1.54, 1.807) is 25.9 Å². The van der Waals surface area contributed by atoms with Gasteiger partial charge < -0.3 is 14.2 Å². The van der Waals surface area contributed by atoms with E-state index in [-0.39, 0.29) is 35.9 Å². The topological polar surface area (TPSA) is 65.1 Å². The third-order valence-corrected chi connectivity index (χ3v) is 8.20. The molecule has 3 aromatic carbocycles. The van der Waals surface area contributed by atoms with Crippen molar-refractivity contribution in [2.75, 3.05) is 40.0 Å². The lowest BCUT2D eigenvalue weighted by molar-refractivity contribution is -0.148. The van der Waals surface area contributed by atoms with E-state index in [0.29, 0.717) is 19.8 Å². The highest BCUT2D eigenvalue weighted by Crippen LogP contribution is 2.32. The number of carbonyl (C=O) groups is 2. The second kappa shape index (κ2) is 15.2. The molecule has 0 N–H and O–H groups in total. The lowest BCUT2D eigenvalue weighted by Gasteiger charge is -2.20. The minimum Gasteiger partial charge on any atom is -0.497 e. The second-order valence-electron chi connectivity index (χ2n) is 8.86. The zero-order valence-electron chi connectivity index (χ0n) is 22.8. The quantitative estimate of drug-likeness (QED) is 0.201. The maximum Gasteiger partial charge on any atom is 0.320 e. The van der Waals surface area contributed by atoms with Gasteiger partial charge in [0.15, 0.2) is 14.7 Å². The summed E-state index contributed by atoms with van der Waals surface area (Å²) in [5, 5.41) is 0. The van der Waals surface area contributed by atoms with Gasteiger partial charge in [0.25, 0.3) is 0 Å². The molecule has 0 aliphatic heterocycles. The van der Waals surface area contributed by atoms with Crippen molar-refractivity contribution < 1.29 is 23.8 Å². The van der Waals surface area contributed by atoms with Gasteiger partial charge in [0.2, 0.25) is 0 Å². The highest BCUT2D eigenvalue weighted by molar-refractivity contribution is 7.97. The number of aryl methyl sites for hydroxylation is 2. The Labute approximate surface area is 229 Å². The minimum atomic E-state index is -0.331. The number of carbonyl (C=O) groups excluding carboxylic acids is 2. The molecule has 7 heteroatoms. The summed E-state index contributed by atoms with van der Waals surface area (Å²) in [5.41, 5.74) is 2.45. The van der Waals surface area contributed by atoms with Gasteiger partial charge in [-0.1, -0.05) is 29.8 Å². The first-order valence-electron chi connectivity index (χ1n) is 13.0. The number of nitrogens with zero attached hydrogens (tertiary/aromatic N) is 1. The van der Waals surface area contributed by atoms with E-state index in [1.807, 2.05) is 12.1 Å². The largest absolute Gasteiger partial charge is 0.497 e. The van der Waals surface area contributed by atoms with Crippen LogP contribution in [-0.2, 0) is 36.4 Å². The standard InChI is InChI=1S/C31H38NO5S/c1-5-36-30(33)22-32(23-31(34)37-6-2)21-7-8-25-11-17-28(18-12-25)38(27-15-9-24(3)10-16-27)29-19-13-26(35-4)14-20-29/h9-20H,5-8,21-23H2,1-4H3/q+1. The van der Waals surface area contributed by atoms with Gasteiger partial charge in [-0.2, -0.15) is 0 Å². The number of hydrogen-bond donors (Lipinski definition) is 0. The monoisotopic (exact) mass is 536 g/mol. The van der Waals surface area contributed by atoms with E-state index >= 15 is 0 Å². The van der Waals surface area contributed by atoms with Crippen molar-refractivity contribution in [2.45, 2.75) is 48.3 Å². The van der Waals surface area contributed by atoms with Crippen LogP contribution in [0.2, 0.25) is 0 Å². The van der Waals surface area contributed by atoms with Crippen LogP contribution in [0.1, 0.15) is 31.4 Å². The van der Waals surface area contributed by atoms with Gasteiger partial charge in [0.05, 0.1) is 44.3 Å². The molecular formula is C31H38NO5S+. The van der Waals surface area contributed by atoms with Crippen molar-refractivity contribution in [1.82, 2.24) is 4.90 Å². The molecule has 0 saturated carbocycles. The Kier molecular flexibility index (Phi) is 11.7. The van der Waals surface area contributed by atoms with Crippen LogP contribution in [0.25, 0.3) is 0 Å². The third-order valence-electron chi connectivity index (χ3n) is 5.97. The fourth-order valence-electron chi connectivity index (χ4n) is 4.09. The van der Waals surface area contributed by atoms with Crippen LogP contribution >= 0.6 is 0 Å². The van der Waals surface area contributed by atoms with Gasteiger partial charge in [-0.3, -0.25) is 14.5 Å². The van der Waals surface area contributed by atoms with Crippen molar-refractivity contribution in [2.24, 2.45) is 0 Å². The average molecular weight is 537 g/mol. The van der Waals surface area contributed by atoms with Crippen LogP contribution in [0.4, 0.5) is 0 Å². The van der Waals surface area contributed by atoms with E-state index in [2.05, 4.69) is 67.6 Å². The molecule has 3 rings (SSSR count). The zero-order valence-corrected chi connectivity index (χ0v) is 23.6. The number of ether oxygens (including phenoxy) is 3. The first-order valence-corrected chi connectivity index (χ1v) is 14.2. The van der Waals surface area contributed by atoms with Crippen LogP contribution in [0.3, 0.4) is 0 Å². The fraction of sp³-hybridized carbons (Fsp3) is 0.355. The molecule has 0 heterocycles. The highest BCUT2D eigenvalue weighted by atomic mass is 32.2. The molecule has 0 aromatic heterocycles. The Morgan fingerprint density at radius 1 is 0.737 bits per heavy atom. The molecule has 0 saturated heterocycles. The molecule has 0 aliphatic rings. The zero-order chi connectivity index (χ0) is 27.3. The van der Waals surface area contributed by atoms with E-state index in [4.69, 9.17) is 14.2 Å². The number of hydrogen-bond acceptors (Lipinski definition) is 6. The maximum absolute atomic E-state index is 12.0. The lowest BCUT2D eigenvalue weighted by Crippen LogP contribution is -2.37. The molecular weight excluding hydrogens is 498 g/mol. The maximum atomic E-state index is 12.0. The molecule has 0 fully saturated rings. The van der Waals surface area contributed by atoms with Gasteiger partial charge in [-0.15, -0.1) is 0 Å². The summed E-state index contributed by atoms with van der Waals surface area (Å²) < 4.78 is 15.5. The normalized spacial score (nSPS) is 11.7. The smallest absolute Gasteiger partial charge is 0.320 e. The Morgan fingerprint density at radius 3 is 1.68 bits per heavy atom. The number of esters is 2. The summed E-state index contributed by atoms with van der Waals surface area (Å²) in [6, 6.07) is 25.8. The molecule has 0 radical (unpaired) electrons. The molecule has 0 aliphatic carbocycles. The average Bonchev–Trinajstić information content (AvgIpc) is 2.91.